The SMILES string of the molecule is O=C(O)C1Cc2cc(CCNS(=O)(=O)c3ccc(Cl)cc3)ccc2O1. The van der Waals surface area contributed by atoms with Crippen molar-refractivity contribution in [2.75, 3.05) is 6.54 Å². The number of carbonyl (C=O) groups is 1. The van der Waals surface area contributed by atoms with Crippen LogP contribution in [0, 0.1) is 0 Å². The van der Waals surface area contributed by atoms with Gasteiger partial charge < -0.3 is 9.84 Å². The number of aliphatic carboxylic acids is 1. The standard InChI is InChI=1S/C17H16ClNO5S/c18-13-2-4-14(5-3-13)25(22,23)19-8-7-11-1-6-15-12(9-11)10-16(24-15)17(20)21/h1-6,9,16,19H,7-8,10H2,(H,20,21). The highest BCUT2D eigenvalue weighted by Gasteiger charge is 2.28. The highest BCUT2D eigenvalue weighted by atomic mass is 35.5. The number of rotatable bonds is 6. The zero-order valence-electron chi connectivity index (χ0n) is 13.1. The number of sulfonamides is 1. The Balaban J connectivity index is 1.61. The molecule has 2 aromatic rings. The van der Waals surface area contributed by atoms with E-state index in [0.717, 1.165) is 11.1 Å². The first-order valence-electron chi connectivity index (χ1n) is 7.62. The first-order chi connectivity index (χ1) is 11.8. The van der Waals surface area contributed by atoms with E-state index in [2.05, 4.69) is 4.72 Å². The molecule has 0 radical (unpaired) electrons. The van der Waals surface area contributed by atoms with Crippen LogP contribution in [0.2, 0.25) is 5.02 Å². The number of carboxylic acid groups (broad SMARTS) is 1. The molecule has 3 rings (SSSR count). The minimum Gasteiger partial charge on any atom is -0.478 e. The molecule has 1 aliphatic rings. The molecule has 0 aromatic heterocycles. The van der Waals surface area contributed by atoms with Crippen molar-refractivity contribution in [3.05, 3.63) is 58.6 Å². The van der Waals surface area contributed by atoms with E-state index in [0.29, 0.717) is 23.6 Å². The Labute approximate surface area is 150 Å². The average molecular weight is 382 g/mol. The average Bonchev–Trinajstić information content (AvgIpc) is 2.99. The number of hydrogen-bond donors (Lipinski definition) is 2. The third kappa shape index (κ3) is 4.12. The van der Waals surface area contributed by atoms with Gasteiger partial charge in [0.25, 0.3) is 0 Å². The predicted molar refractivity (Wildman–Crippen MR) is 92.5 cm³/mol. The van der Waals surface area contributed by atoms with Crippen LogP contribution < -0.4 is 9.46 Å². The topological polar surface area (TPSA) is 92.7 Å². The van der Waals surface area contributed by atoms with Gasteiger partial charge in [0.1, 0.15) is 5.75 Å². The molecule has 1 heterocycles. The maximum Gasteiger partial charge on any atom is 0.345 e. The van der Waals surface area contributed by atoms with Crippen LogP contribution >= 0.6 is 11.6 Å². The normalized spacial score (nSPS) is 16.3. The second-order valence-electron chi connectivity index (χ2n) is 5.69. The van der Waals surface area contributed by atoms with E-state index in [1.165, 1.54) is 24.3 Å². The van der Waals surface area contributed by atoms with Gasteiger partial charge in [0.05, 0.1) is 4.90 Å². The number of halogens is 1. The minimum absolute atomic E-state index is 0.156. The maximum atomic E-state index is 12.2. The van der Waals surface area contributed by atoms with Crippen molar-refractivity contribution < 1.29 is 23.1 Å². The van der Waals surface area contributed by atoms with Crippen LogP contribution in [-0.2, 0) is 27.7 Å². The summed E-state index contributed by atoms with van der Waals surface area (Å²) in [6.45, 7) is 0.229. The number of ether oxygens (including phenoxy) is 1. The molecule has 0 amide bonds. The van der Waals surface area contributed by atoms with Crippen molar-refractivity contribution in [3.8, 4) is 5.75 Å². The lowest BCUT2D eigenvalue weighted by Gasteiger charge is -2.08. The van der Waals surface area contributed by atoms with Crippen LogP contribution in [0.25, 0.3) is 0 Å². The molecule has 0 bridgehead atoms. The largest absolute Gasteiger partial charge is 0.478 e. The molecule has 25 heavy (non-hydrogen) atoms. The molecule has 1 aliphatic heterocycles. The van der Waals surface area contributed by atoms with Gasteiger partial charge in [0.2, 0.25) is 10.0 Å². The van der Waals surface area contributed by atoms with Crippen LogP contribution in [0.4, 0.5) is 0 Å². The lowest BCUT2D eigenvalue weighted by atomic mass is 10.0. The Hall–Kier alpha value is -2.09. The van der Waals surface area contributed by atoms with Gasteiger partial charge in [0.15, 0.2) is 6.10 Å². The molecule has 6 nitrogen and oxygen atoms in total. The van der Waals surface area contributed by atoms with Crippen LogP contribution in [0.15, 0.2) is 47.4 Å². The first kappa shape index (κ1) is 17.7. The number of nitrogens with one attached hydrogen (secondary N) is 1. The molecule has 0 saturated carbocycles. The zero-order valence-corrected chi connectivity index (χ0v) is 14.7. The van der Waals surface area contributed by atoms with Gasteiger partial charge in [-0.3, -0.25) is 0 Å². The highest BCUT2D eigenvalue weighted by Crippen LogP contribution is 2.29. The zero-order chi connectivity index (χ0) is 18.0. The molecule has 0 aliphatic carbocycles. The van der Waals surface area contributed by atoms with E-state index < -0.39 is 22.1 Å². The van der Waals surface area contributed by atoms with Crippen molar-refractivity contribution in [1.29, 1.82) is 0 Å². The fourth-order valence-corrected chi connectivity index (χ4v) is 3.78. The summed E-state index contributed by atoms with van der Waals surface area (Å²) in [4.78, 5) is 11.1. The van der Waals surface area contributed by atoms with Gasteiger partial charge in [-0.15, -0.1) is 0 Å². The van der Waals surface area contributed by atoms with Crippen LogP contribution in [-0.4, -0.2) is 32.1 Å². The lowest BCUT2D eigenvalue weighted by Crippen LogP contribution is -2.26. The third-order valence-corrected chi connectivity index (χ3v) is 5.63. The molecule has 8 heteroatoms. The van der Waals surface area contributed by atoms with Gasteiger partial charge >= 0.3 is 5.97 Å². The minimum atomic E-state index is -3.59. The van der Waals surface area contributed by atoms with Crippen molar-refractivity contribution in [1.82, 2.24) is 4.72 Å². The van der Waals surface area contributed by atoms with E-state index in [1.54, 1.807) is 12.1 Å². The summed E-state index contributed by atoms with van der Waals surface area (Å²) >= 11 is 5.76. The lowest BCUT2D eigenvalue weighted by molar-refractivity contribution is -0.144. The van der Waals surface area contributed by atoms with Gasteiger partial charge in [-0.05, 0) is 47.9 Å². The Kier molecular flexibility index (Phi) is 4.99. The van der Waals surface area contributed by atoms with E-state index in [4.69, 9.17) is 21.4 Å². The second-order valence-corrected chi connectivity index (χ2v) is 7.90. The molecule has 0 saturated heterocycles. The van der Waals surface area contributed by atoms with Crippen molar-refractivity contribution in [3.63, 3.8) is 0 Å². The summed E-state index contributed by atoms with van der Waals surface area (Å²) in [5, 5.41) is 9.47. The number of fused-ring (bicyclic) bond motifs is 1. The third-order valence-electron chi connectivity index (χ3n) is 3.90. The summed E-state index contributed by atoms with van der Waals surface area (Å²) in [7, 11) is -3.59. The summed E-state index contributed by atoms with van der Waals surface area (Å²) in [6.07, 6.45) is -0.0546. The molecule has 132 valence electrons. The highest BCUT2D eigenvalue weighted by molar-refractivity contribution is 7.89. The molecular formula is C17H16ClNO5S. The Morgan fingerprint density at radius 1 is 1.24 bits per heavy atom. The molecule has 2 N–H and O–H groups in total. The Bertz CT molecular complexity index is 896. The molecule has 2 aromatic carbocycles. The molecule has 0 fully saturated rings. The van der Waals surface area contributed by atoms with Gasteiger partial charge in [-0.1, -0.05) is 23.7 Å². The monoisotopic (exact) mass is 381 g/mol. The van der Waals surface area contributed by atoms with Gasteiger partial charge in [0, 0.05) is 18.0 Å². The fourth-order valence-electron chi connectivity index (χ4n) is 2.62. The van der Waals surface area contributed by atoms with Gasteiger partial charge in [-0.25, -0.2) is 17.9 Å². The number of carboxylic acids is 1. The Morgan fingerprint density at radius 3 is 2.64 bits per heavy atom. The first-order valence-corrected chi connectivity index (χ1v) is 9.48. The smallest absolute Gasteiger partial charge is 0.345 e. The molecule has 1 atom stereocenters. The predicted octanol–water partition coefficient (Wildman–Crippen LogP) is 2.25. The summed E-state index contributed by atoms with van der Waals surface area (Å²) in [5.41, 5.74) is 1.73. The quantitative estimate of drug-likeness (QED) is 0.800. The second kappa shape index (κ2) is 7.03. The van der Waals surface area contributed by atoms with Crippen LogP contribution in [0.1, 0.15) is 11.1 Å². The van der Waals surface area contributed by atoms with Crippen LogP contribution in [0.3, 0.4) is 0 Å². The molecule has 1 unspecified atom stereocenters. The number of benzene rings is 2. The van der Waals surface area contributed by atoms with E-state index in [-0.39, 0.29) is 11.4 Å². The van der Waals surface area contributed by atoms with Crippen molar-refractivity contribution in [2.45, 2.75) is 23.8 Å². The van der Waals surface area contributed by atoms with Gasteiger partial charge in [-0.2, -0.15) is 0 Å². The summed E-state index contributed by atoms with van der Waals surface area (Å²) in [6, 6.07) is 11.3. The summed E-state index contributed by atoms with van der Waals surface area (Å²) in [5.74, 6) is -0.425. The van der Waals surface area contributed by atoms with Crippen molar-refractivity contribution >= 4 is 27.6 Å². The van der Waals surface area contributed by atoms with Crippen LogP contribution in [0.5, 0.6) is 5.75 Å². The number of hydrogen-bond acceptors (Lipinski definition) is 4. The van der Waals surface area contributed by atoms with E-state index in [1.807, 2.05) is 6.07 Å². The molecular weight excluding hydrogens is 366 g/mol. The van der Waals surface area contributed by atoms with E-state index >= 15 is 0 Å². The van der Waals surface area contributed by atoms with Crippen molar-refractivity contribution in [2.24, 2.45) is 0 Å². The molecule has 0 spiro atoms. The fraction of sp³-hybridized carbons (Fsp3) is 0.235. The Morgan fingerprint density at radius 2 is 1.96 bits per heavy atom. The summed E-state index contributed by atoms with van der Waals surface area (Å²) < 4.78 is 32.3. The maximum absolute atomic E-state index is 12.2. The van der Waals surface area contributed by atoms with E-state index in [9.17, 15) is 13.2 Å².